The van der Waals surface area contributed by atoms with Gasteiger partial charge in [0.05, 0.1) is 19.0 Å². The summed E-state index contributed by atoms with van der Waals surface area (Å²) >= 11 is 6.09. The average Bonchev–Trinajstić information content (AvgIpc) is 2.41. The van der Waals surface area contributed by atoms with Gasteiger partial charge in [-0.2, -0.15) is 4.98 Å². The van der Waals surface area contributed by atoms with Crippen molar-refractivity contribution in [2.24, 2.45) is 0 Å². The number of hydrogen-bond acceptors (Lipinski definition) is 7. The zero-order chi connectivity index (χ0) is 15.6. The van der Waals surface area contributed by atoms with E-state index in [2.05, 4.69) is 15.0 Å². The van der Waals surface area contributed by atoms with Crippen LogP contribution in [0.15, 0.2) is 12.3 Å². The third-order valence-corrected chi connectivity index (χ3v) is 2.97. The third-order valence-electron chi connectivity index (χ3n) is 2.70. The van der Waals surface area contributed by atoms with E-state index < -0.39 is 0 Å². The van der Waals surface area contributed by atoms with E-state index in [1.54, 1.807) is 6.07 Å². The van der Waals surface area contributed by atoms with E-state index in [1.807, 2.05) is 13.8 Å². The molecular weight excluding hydrogens is 294 g/mol. The van der Waals surface area contributed by atoms with Crippen molar-refractivity contribution < 1.29 is 9.47 Å². The van der Waals surface area contributed by atoms with Crippen molar-refractivity contribution in [3.8, 4) is 17.4 Å². The molecule has 4 N–H and O–H groups in total. The maximum absolute atomic E-state index is 6.09. The van der Waals surface area contributed by atoms with Crippen molar-refractivity contribution in [2.45, 2.75) is 19.8 Å². The lowest BCUT2D eigenvalue weighted by Crippen LogP contribution is -2.04. The Labute approximate surface area is 127 Å². The molecule has 2 heterocycles. The summed E-state index contributed by atoms with van der Waals surface area (Å²) in [6.07, 6.45) is 1.40. The Hall–Kier alpha value is -2.28. The van der Waals surface area contributed by atoms with Gasteiger partial charge in [-0.3, -0.25) is 0 Å². The zero-order valence-electron chi connectivity index (χ0n) is 11.9. The lowest BCUT2D eigenvalue weighted by molar-refractivity contribution is 0.391. The number of halogens is 1. The third kappa shape index (κ3) is 3.25. The summed E-state index contributed by atoms with van der Waals surface area (Å²) in [6, 6.07) is 1.62. The fourth-order valence-electron chi connectivity index (χ4n) is 1.70. The fourth-order valence-corrected chi connectivity index (χ4v) is 1.92. The molecule has 0 saturated carbocycles. The van der Waals surface area contributed by atoms with Crippen LogP contribution in [0.4, 0.5) is 11.8 Å². The van der Waals surface area contributed by atoms with Crippen LogP contribution in [-0.2, 0) is 0 Å². The molecule has 0 aromatic carbocycles. The number of methoxy groups -OCH3 is 1. The number of nitrogens with zero attached hydrogens (tertiary/aromatic N) is 3. The standard InChI is InChI=1S/C13H16ClN5O2/c1-6(2)10-8(4-7(14)12(18-10)20-3)21-9-5-17-13(16)19-11(9)15/h4-6H,1-3H3,(H4,15,16,17,19). The quantitative estimate of drug-likeness (QED) is 0.893. The minimum atomic E-state index is 0.0785. The van der Waals surface area contributed by atoms with Crippen LogP contribution in [-0.4, -0.2) is 22.1 Å². The van der Waals surface area contributed by atoms with Crippen LogP contribution in [0.1, 0.15) is 25.5 Å². The number of anilines is 2. The lowest BCUT2D eigenvalue weighted by Gasteiger charge is -2.15. The Morgan fingerprint density at radius 2 is 1.90 bits per heavy atom. The Balaban J connectivity index is 2.45. The molecule has 112 valence electrons. The molecule has 0 saturated heterocycles. The Morgan fingerprint density at radius 1 is 1.19 bits per heavy atom. The first-order chi connectivity index (χ1) is 9.92. The monoisotopic (exact) mass is 309 g/mol. The van der Waals surface area contributed by atoms with Crippen LogP contribution in [0.5, 0.6) is 17.4 Å². The molecule has 0 aliphatic heterocycles. The summed E-state index contributed by atoms with van der Waals surface area (Å²) in [4.78, 5) is 12.0. The first-order valence-electron chi connectivity index (χ1n) is 6.22. The molecule has 8 heteroatoms. The maximum Gasteiger partial charge on any atom is 0.232 e. The molecular formula is C13H16ClN5O2. The first-order valence-corrected chi connectivity index (χ1v) is 6.60. The minimum Gasteiger partial charge on any atom is -0.480 e. The van der Waals surface area contributed by atoms with Gasteiger partial charge in [0.15, 0.2) is 17.3 Å². The number of ether oxygens (including phenoxy) is 2. The summed E-state index contributed by atoms with van der Waals surface area (Å²) in [5.41, 5.74) is 11.9. The molecule has 0 amide bonds. The second kappa shape index (κ2) is 6.01. The van der Waals surface area contributed by atoms with Crippen LogP contribution in [0.3, 0.4) is 0 Å². The highest BCUT2D eigenvalue weighted by Crippen LogP contribution is 2.36. The molecule has 2 aromatic heterocycles. The number of aromatic nitrogens is 3. The molecule has 7 nitrogen and oxygen atoms in total. The van der Waals surface area contributed by atoms with Gasteiger partial charge in [-0.25, -0.2) is 9.97 Å². The van der Waals surface area contributed by atoms with Gasteiger partial charge in [-0.1, -0.05) is 25.4 Å². The number of nitrogens with two attached hydrogens (primary N) is 2. The van der Waals surface area contributed by atoms with Gasteiger partial charge < -0.3 is 20.9 Å². The van der Waals surface area contributed by atoms with Crippen LogP contribution in [0.25, 0.3) is 0 Å². The normalized spacial score (nSPS) is 10.7. The lowest BCUT2D eigenvalue weighted by atomic mass is 10.1. The molecule has 0 spiro atoms. The number of hydrogen-bond donors (Lipinski definition) is 2. The number of pyridine rings is 1. The van der Waals surface area contributed by atoms with Crippen molar-refractivity contribution in [1.82, 2.24) is 15.0 Å². The molecule has 0 aliphatic carbocycles. The molecule has 0 atom stereocenters. The number of nitrogen functional groups attached to an aromatic ring is 2. The van der Waals surface area contributed by atoms with Crippen LogP contribution in [0, 0.1) is 0 Å². The van der Waals surface area contributed by atoms with E-state index in [0.29, 0.717) is 22.3 Å². The summed E-state index contributed by atoms with van der Waals surface area (Å²) in [5, 5.41) is 0.340. The summed E-state index contributed by atoms with van der Waals surface area (Å²) < 4.78 is 10.8. The second-order valence-corrected chi connectivity index (χ2v) is 5.00. The molecule has 0 fully saturated rings. The van der Waals surface area contributed by atoms with Crippen molar-refractivity contribution in [1.29, 1.82) is 0 Å². The van der Waals surface area contributed by atoms with Gasteiger partial charge in [0.25, 0.3) is 0 Å². The van der Waals surface area contributed by atoms with E-state index >= 15 is 0 Å². The van der Waals surface area contributed by atoms with Gasteiger partial charge in [0.1, 0.15) is 5.02 Å². The van der Waals surface area contributed by atoms with Crippen molar-refractivity contribution in [3.05, 3.63) is 23.0 Å². The van der Waals surface area contributed by atoms with Gasteiger partial charge in [-0.05, 0) is 5.92 Å². The molecule has 0 unspecified atom stereocenters. The fraction of sp³-hybridized carbons (Fsp3) is 0.308. The first kappa shape index (κ1) is 15.1. The van der Waals surface area contributed by atoms with Crippen molar-refractivity contribution >= 4 is 23.4 Å². The predicted molar refractivity (Wildman–Crippen MR) is 80.8 cm³/mol. The molecule has 0 bridgehead atoms. The topological polar surface area (TPSA) is 109 Å². The van der Waals surface area contributed by atoms with E-state index in [9.17, 15) is 0 Å². The van der Waals surface area contributed by atoms with Crippen LogP contribution < -0.4 is 20.9 Å². The van der Waals surface area contributed by atoms with Gasteiger partial charge in [0, 0.05) is 6.07 Å². The molecule has 0 radical (unpaired) electrons. The van der Waals surface area contributed by atoms with E-state index in [4.69, 9.17) is 32.5 Å². The van der Waals surface area contributed by atoms with E-state index in [-0.39, 0.29) is 23.4 Å². The van der Waals surface area contributed by atoms with Gasteiger partial charge >= 0.3 is 0 Å². The molecule has 0 aliphatic rings. The molecule has 2 rings (SSSR count). The molecule has 21 heavy (non-hydrogen) atoms. The Morgan fingerprint density at radius 3 is 2.48 bits per heavy atom. The zero-order valence-corrected chi connectivity index (χ0v) is 12.7. The minimum absolute atomic E-state index is 0.0785. The second-order valence-electron chi connectivity index (χ2n) is 4.60. The SMILES string of the molecule is COc1nc(C(C)C)c(Oc2cnc(N)nc2N)cc1Cl. The highest BCUT2D eigenvalue weighted by atomic mass is 35.5. The smallest absolute Gasteiger partial charge is 0.232 e. The van der Waals surface area contributed by atoms with Crippen molar-refractivity contribution in [2.75, 3.05) is 18.6 Å². The van der Waals surface area contributed by atoms with Gasteiger partial charge in [-0.15, -0.1) is 0 Å². The van der Waals surface area contributed by atoms with Crippen LogP contribution >= 0.6 is 11.6 Å². The summed E-state index contributed by atoms with van der Waals surface area (Å²) in [6.45, 7) is 3.96. The Bertz CT molecular complexity index is 663. The highest BCUT2D eigenvalue weighted by molar-refractivity contribution is 6.32. The maximum atomic E-state index is 6.09. The van der Waals surface area contributed by atoms with Gasteiger partial charge in [0.2, 0.25) is 11.8 Å². The molecule has 2 aromatic rings. The predicted octanol–water partition coefficient (Wildman–Crippen LogP) is 2.61. The largest absolute Gasteiger partial charge is 0.480 e. The number of rotatable bonds is 4. The van der Waals surface area contributed by atoms with Crippen molar-refractivity contribution in [3.63, 3.8) is 0 Å². The summed E-state index contributed by atoms with van der Waals surface area (Å²) in [5.74, 6) is 1.42. The van der Waals surface area contributed by atoms with E-state index in [1.165, 1.54) is 13.3 Å². The van der Waals surface area contributed by atoms with E-state index in [0.717, 1.165) is 0 Å². The highest BCUT2D eigenvalue weighted by Gasteiger charge is 2.17. The van der Waals surface area contributed by atoms with Crippen LogP contribution in [0.2, 0.25) is 5.02 Å². The summed E-state index contributed by atoms with van der Waals surface area (Å²) in [7, 11) is 1.50. The Kier molecular flexibility index (Phi) is 4.32. The average molecular weight is 310 g/mol.